The van der Waals surface area contributed by atoms with Crippen LogP contribution in [-0.2, 0) is 30.6 Å². The lowest BCUT2D eigenvalue weighted by molar-refractivity contribution is -0.141. The Labute approximate surface area is 363 Å². The van der Waals surface area contributed by atoms with Crippen molar-refractivity contribution < 1.29 is 49.9 Å². The first-order chi connectivity index (χ1) is 29.7. The number of nitrogens with zero attached hydrogens (tertiary/aromatic N) is 4. The number of ether oxygens (including phenoxy) is 1. The number of likely N-dealkylation sites (tertiary alicyclic amines) is 1. The van der Waals surface area contributed by atoms with Gasteiger partial charge in [0.15, 0.2) is 11.0 Å². The van der Waals surface area contributed by atoms with Crippen LogP contribution in [0.5, 0.6) is 5.88 Å². The Kier molecular flexibility index (Phi) is 11.0. The third-order valence-electron chi connectivity index (χ3n) is 11.4. The molecule has 3 fully saturated rings. The predicted molar refractivity (Wildman–Crippen MR) is 226 cm³/mol. The van der Waals surface area contributed by atoms with Gasteiger partial charge in [0, 0.05) is 35.7 Å². The van der Waals surface area contributed by atoms with Crippen LogP contribution in [0.25, 0.3) is 33.5 Å². The smallest absolute Gasteiger partial charge is 0.416 e. The van der Waals surface area contributed by atoms with E-state index < -0.39 is 85.7 Å². The Morgan fingerprint density at radius 1 is 1.05 bits per heavy atom. The number of sulfonamides is 1. The molecule has 1 saturated heterocycles. The van der Waals surface area contributed by atoms with E-state index in [2.05, 4.69) is 42.2 Å². The molecule has 2 aromatic carbocycles. The van der Waals surface area contributed by atoms with Crippen LogP contribution in [0.3, 0.4) is 0 Å². The Morgan fingerprint density at radius 3 is 2.40 bits per heavy atom. The minimum absolute atomic E-state index is 0.0212. The zero-order valence-corrected chi connectivity index (χ0v) is 36.0. The largest absolute Gasteiger partial charge is 0.470 e. The van der Waals surface area contributed by atoms with Gasteiger partial charge in [0.2, 0.25) is 27.4 Å². The fraction of sp³-hybridized carbons (Fsp3) is 0.405. The molecule has 8 rings (SSSR count). The van der Waals surface area contributed by atoms with Crippen LogP contribution in [0.1, 0.15) is 62.5 Å². The average Bonchev–Trinajstić information content (AvgIpc) is 4.07. The molecule has 0 bridgehead atoms. The van der Waals surface area contributed by atoms with Crippen LogP contribution in [-0.4, -0.2) is 94.5 Å². The van der Waals surface area contributed by atoms with Crippen molar-refractivity contribution in [1.29, 1.82) is 0 Å². The number of hydrogen-bond acceptors (Lipinski definition) is 13. The summed E-state index contributed by atoms with van der Waals surface area (Å²) in [6.45, 7) is 8.97. The number of alkyl halides is 3. The van der Waals surface area contributed by atoms with Gasteiger partial charge in [0.25, 0.3) is 17.7 Å². The van der Waals surface area contributed by atoms with E-state index in [1.54, 1.807) is 45.0 Å². The molecular formula is C42H43F3N8O8S2. The molecule has 4 heterocycles. The second-order valence-electron chi connectivity index (χ2n) is 16.9. The van der Waals surface area contributed by atoms with Crippen LogP contribution >= 0.6 is 11.3 Å². The third-order valence-corrected chi connectivity index (χ3v) is 14.0. The van der Waals surface area contributed by atoms with Crippen molar-refractivity contribution in [1.82, 2.24) is 35.2 Å². The second kappa shape index (κ2) is 15.9. The SMILES string of the molecule is C=C[C@@H]1C[C@]1(NC(=O)[C@@H]1C[C@@H](Oc2nc(-c3ccc(C(F)(F)F)cc3)nc3c2oc2ccccc23)CN1C(=O)[C@@H](Nc1nc(C(=O)NC)cs1)C(C)(C)C)C(=O)NS(=O)(=O)C1CC1. The van der Waals surface area contributed by atoms with Gasteiger partial charge in [-0.25, -0.2) is 18.4 Å². The lowest BCUT2D eigenvalue weighted by atomic mass is 9.85. The van der Waals surface area contributed by atoms with E-state index in [0.29, 0.717) is 29.3 Å². The van der Waals surface area contributed by atoms with Crippen LogP contribution in [0.2, 0.25) is 0 Å². The molecule has 3 aliphatic rings. The summed E-state index contributed by atoms with van der Waals surface area (Å²) in [6, 6.07) is 8.94. The highest BCUT2D eigenvalue weighted by atomic mass is 32.2. The highest BCUT2D eigenvalue weighted by Gasteiger charge is 2.62. The number of halogens is 3. The van der Waals surface area contributed by atoms with Crippen molar-refractivity contribution in [3.8, 4) is 17.3 Å². The van der Waals surface area contributed by atoms with Crippen molar-refractivity contribution in [3.05, 3.63) is 77.8 Å². The number of hydrogen-bond donors (Lipinski definition) is 4. The number of thiazole rings is 1. The maximum atomic E-state index is 14.9. The molecule has 0 spiro atoms. The Hall–Kier alpha value is -6.09. The molecule has 0 radical (unpaired) electrons. The molecule has 4 amide bonds. The maximum Gasteiger partial charge on any atom is 0.416 e. The Balaban J connectivity index is 1.15. The highest BCUT2D eigenvalue weighted by molar-refractivity contribution is 7.91. The molecule has 4 N–H and O–H groups in total. The summed E-state index contributed by atoms with van der Waals surface area (Å²) in [5.74, 6) is -3.35. The summed E-state index contributed by atoms with van der Waals surface area (Å²) in [7, 11) is -2.52. The van der Waals surface area contributed by atoms with Crippen LogP contribution in [0, 0.1) is 11.3 Å². The first kappa shape index (κ1) is 43.6. The molecule has 332 valence electrons. The lowest BCUT2D eigenvalue weighted by Gasteiger charge is -2.35. The summed E-state index contributed by atoms with van der Waals surface area (Å²) >= 11 is 1.10. The number of carbonyl (C=O) groups excluding carboxylic acids is 4. The average molecular weight is 909 g/mol. The minimum Gasteiger partial charge on any atom is -0.470 e. The summed E-state index contributed by atoms with van der Waals surface area (Å²) in [6.07, 6.45) is -3.36. The van der Waals surface area contributed by atoms with Crippen LogP contribution in [0.4, 0.5) is 18.3 Å². The molecule has 3 aromatic heterocycles. The van der Waals surface area contributed by atoms with Crippen LogP contribution in [0.15, 0.2) is 71.0 Å². The van der Waals surface area contributed by atoms with Gasteiger partial charge in [-0.05, 0) is 48.9 Å². The Morgan fingerprint density at radius 2 is 1.76 bits per heavy atom. The number of nitrogens with one attached hydrogen (secondary N) is 4. The standard InChI is InChI=1S/C42H43F3N8O8S2/c1-6-22-18-41(22,38(57)52-63(58,59)25-15-16-25)51-35(55)28-17-24(19-53(28)37(56)32(40(2,3)4)49-39-47-27(20-62-39)34(54)46-5)60-36-31-30(26-9-7-8-10-29(26)61-31)48-33(50-36)21-11-13-23(14-12-21)42(43,44)45/h6-14,20,22,24-25,28,32H,1,15-19H2,2-5H3,(H,46,54)(H,47,49)(H,51,55)(H,52,57)/t22-,24-,28+,32-,41-/m1/s1. The van der Waals surface area contributed by atoms with Crippen molar-refractivity contribution in [2.75, 3.05) is 18.9 Å². The van der Waals surface area contributed by atoms with Gasteiger partial charge < -0.3 is 30.0 Å². The van der Waals surface area contributed by atoms with Gasteiger partial charge in [-0.1, -0.05) is 51.1 Å². The van der Waals surface area contributed by atoms with E-state index in [9.17, 15) is 40.8 Å². The molecule has 0 unspecified atom stereocenters. The van der Waals surface area contributed by atoms with E-state index in [4.69, 9.17) is 9.15 Å². The van der Waals surface area contributed by atoms with Gasteiger partial charge >= 0.3 is 6.18 Å². The summed E-state index contributed by atoms with van der Waals surface area (Å²) in [4.78, 5) is 70.4. The van der Waals surface area contributed by atoms with Crippen molar-refractivity contribution in [2.24, 2.45) is 11.3 Å². The number of carbonyl (C=O) groups is 4. The zero-order valence-electron chi connectivity index (χ0n) is 34.4. The van der Waals surface area contributed by atoms with Gasteiger partial charge in [-0.3, -0.25) is 23.9 Å². The van der Waals surface area contributed by atoms with E-state index in [1.165, 1.54) is 35.5 Å². The fourth-order valence-electron chi connectivity index (χ4n) is 7.65. The first-order valence-electron chi connectivity index (χ1n) is 20.0. The highest BCUT2D eigenvalue weighted by Crippen LogP contribution is 2.46. The molecule has 16 nitrogen and oxygen atoms in total. The summed E-state index contributed by atoms with van der Waals surface area (Å²) in [5, 5.41) is 10.1. The number of fused-ring (bicyclic) bond motifs is 3. The molecule has 5 atom stereocenters. The number of furan rings is 1. The normalized spacial score (nSPS) is 21.8. The summed E-state index contributed by atoms with van der Waals surface area (Å²) in [5.41, 5.74) is -2.12. The third kappa shape index (κ3) is 8.54. The molecular weight excluding hydrogens is 866 g/mol. The molecule has 1 aliphatic heterocycles. The minimum atomic E-state index is -4.58. The van der Waals surface area contributed by atoms with E-state index in [1.807, 2.05) is 0 Å². The maximum absolute atomic E-state index is 14.9. The van der Waals surface area contributed by atoms with Gasteiger partial charge in [0.1, 0.15) is 40.5 Å². The Bertz CT molecular complexity index is 2770. The number of aromatic nitrogens is 3. The predicted octanol–water partition coefficient (Wildman–Crippen LogP) is 5.42. The second-order valence-corrected chi connectivity index (χ2v) is 19.7. The van der Waals surface area contributed by atoms with E-state index in [-0.39, 0.29) is 53.1 Å². The number of anilines is 1. The molecule has 2 saturated carbocycles. The van der Waals surface area contributed by atoms with E-state index >= 15 is 0 Å². The van der Waals surface area contributed by atoms with Gasteiger partial charge in [-0.2, -0.15) is 18.2 Å². The van der Waals surface area contributed by atoms with Crippen molar-refractivity contribution >= 4 is 72.2 Å². The van der Waals surface area contributed by atoms with Gasteiger partial charge in [-0.15, -0.1) is 17.9 Å². The first-order valence-corrected chi connectivity index (χ1v) is 22.4. The number of amides is 4. The molecule has 5 aromatic rings. The van der Waals surface area contributed by atoms with Gasteiger partial charge in [0.05, 0.1) is 17.4 Å². The number of para-hydroxylation sites is 1. The van der Waals surface area contributed by atoms with E-state index in [0.717, 1.165) is 23.5 Å². The number of benzene rings is 2. The zero-order chi connectivity index (χ0) is 45.2. The van der Waals surface area contributed by atoms with Crippen molar-refractivity contribution in [2.45, 2.75) is 81.6 Å². The lowest BCUT2D eigenvalue weighted by Crippen LogP contribution is -2.58. The quantitative estimate of drug-likeness (QED) is 0.109. The molecule has 2 aliphatic carbocycles. The molecule has 63 heavy (non-hydrogen) atoms. The monoisotopic (exact) mass is 908 g/mol. The molecule has 21 heteroatoms. The fourth-order valence-corrected chi connectivity index (χ4v) is 9.73. The summed E-state index contributed by atoms with van der Waals surface area (Å²) < 4.78 is 80.9. The topological polar surface area (TPSA) is 215 Å². The van der Waals surface area contributed by atoms with Crippen LogP contribution < -0.4 is 25.4 Å². The number of rotatable bonds is 13. The van der Waals surface area contributed by atoms with Crippen molar-refractivity contribution in [3.63, 3.8) is 0 Å².